The van der Waals surface area contributed by atoms with E-state index in [-0.39, 0.29) is 5.91 Å². The highest BCUT2D eigenvalue weighted by Gasteiger charge is 2.38. The molecule has 0 aromatic carbocycles. The summed E-state index contributed by atoms with van der Waals surface area (Å²) in [5, 5.41) is 12.9. The van der Waals surface area contributed by atoms with E-state index in [2.05, 4.69) is 12.2 Å². The molecule has 2 aliphatic rings. The van der Waals surface area contributed by atoms with Crippen molar-refractivity contribution >= 4 is 34.1 Å². The lowest BCUT2D eigenvalue weighted by Crippen LogP contribution is -2.36. The first-order chi connectivity index (χ1) is 12.7. The van der Waals surface area contributed by atoms with E-state index in [1.807, 2.05) is 13.8 Å². The smallest absolute Gasteiger partial charge is 0.307 e. The molecule has 0 saturated heterocycles. The zero-order valence-electron chi connectivity index (χ0n) is 15.9. The van der Waals surface area contributed by atoms with Crippen LogP contribution in [0.1, 0.15) is 60.8 Å². The molecule has 0 aliphatic heterocycles. The van der Waals surface area contributed by atoms with Crippen molar-refractivity contribution in [1.29, 1.82) is 0 Å². The fourth-order valence-electron chi connectivity index (χ4n) is 4.13. The molecule has 0 saturated carbocycles. The molecule has 1 heterocycles. The lowest BCUT2D eigenvalue weighted by Gasteiger charge is -2.29. The van der Waals surface area contributed by atoms with Crippen LogP contribution in [0.5, 0.6) is 0 Å². The maximum absolute atomic E-state index is 12.9. The number of amides is 2. The number of carboxylic acids is 1. The molecule has 3 rings (SSSR count). The minimum absolute atomic E-state index is 0.344. The summed E-state index contributed by atoms with van der Waals surface area (Å²) in [6.45, 7) is 6.02. The number of aliphatic carboxylic acids is 1. The third-order valence-corrected chi connectivity index (χ3v) is 7.09. The molecule has 0 fully saturated rings. The van der Waals surface area contributed by atoms with Gasteiger partial charge in [0, 0.05) is 4.88 Å². The maximum atomic E-state index is 12.9. The fraction of sp³-hybridized carbons (Fsp3) is 0.550. The molecule has 146 valence electrons. The molecule has 0 radical (unpaired) electrons. The average Bonchev–Trinajstić information content (AvgIpc) is 2.93. The molecule has 0 unspecified atom stereocenters. The molecular weight excluding hydrogens is 364 g/mol. The van der Waals surface area contributed by atoms with E-state index < -0.39 is 23.7 Å². The van der Waals surface area contributed by atoms with Crippen molar-refractivity contribution in [1.82, 2.24) is 0 Å². The normalized spacial score (nSPS) is 25.1. The van der Waals surface area contributed by atoms with E-state index in [0.29, 0.717) is 29.3 Å². The van der Waals surface area contributed by atoms with Gasteiger partial charge in [0.2, 0.25) is 5.91 Å². The van der Waals surface area contributed by atoms with Gasteiger partial charge in [-0.2, -0.15) is 0 Å². The highest BCUT2D eigenvalue weighted by Crippen LogP contribution is 2.41. The Morgan fingerprint density at radius 2 is 1.74 bits per heavy atom. The van der Waals surface area contributed by atoms with Gasteiger partial charge >= 0.3 is 5.97 Å². The fourth-order valence-corrected chi connectivity index (χ4v) is 5.55. The summed E-state index contributed by atoms with van der Waals surface area (Å²) in [5.41, 5.74) is 9.05. The second kappa shape index (κ2) is 7.46. The average molecular weight is 391 g/mol. The standard InChI is InChI=1S/C20H26N2O4S/c1-9-4-5-12-15(6-9)27-19(16(12)17(21)23)22-18(24)13-7-10(2)11(3)8-14(13)20(25)26/h9,13-14H,4-8H2,1-3H3,(H2,21,23)(H,22,24)(H,25,26)/t9-,13-,14+/m0/s1. The number of hydrogen-bond donors (Lipinski definition) is 3. The van der Waals surface area contributed by atoms with Crippen molar-refractivity contribution in [3.8, 4) is 0 Å². The van der Waals surface area contributed by atoms with Gasteiger partial charge < -0.3 is 16.2 Å². The van der Waals surface area contributed by atoms with Crippen LogP contribution in [-0.4, -0.2) is 22.9 Å². The summed E-state index contributed by atoms with van der Waals surface area (Å²) in [5.74, 6) is -2.71. The predicted molar refractivity (Wildman–Crippen MR) is 105 cm³/mol. The van der Waals surface area contributed by atoms with Crippen molar-refractivity contribution < 1.29 is 19.5 Å². The van der Waals surface area contributed by atoms with Gasteiger partial charge in [-0.05, 0) is 57.4 Å². The van der Waals surface area contributed by atoms with E-state index in [4.69, 9.17) is 5.73 Å². The SMILES string of the molecule is CC1=C(C)C[C@@H](C(=O)O)[C@@H](C(=O)Nc2sc3c(c2C(N)=O)CC[C@H](C)C3)C1. The number of hydrogen-bond acceptors (Lipinski definition) is 4. The number of allylic oxidation sites excluding steroid dienone is 2. The molecule has 0 bridgehead atoms. The van der Waals surface area contributed by atoms with Crippen LogP contribution in [0, 0.1) is 17.8 Å². The first-order valence-corrected chi connectivity index (χ1v) is 10.1. The monoisotopic (exact) mass is 390 g/mol. The van der Waals surface area contributed by atoms with Gasteiger partial charge in [0.25, 0.3) is 5.91 Å². The molecule has 1 aromatic heterocycles. The van der Waals surface area contributed by atoms with Crippen molar-refractivity contribution in [3.05, 3.63) is 27.2 Å². The van der Waals surface area contributed by atoms with E-state index in [1.165, 1.54) is 11.3 Å². The summed E-state index contributed by atoms with van der Waals surface area (Å²) < 4.78 is 0. The van der Waals surface area contributed by atoms with Crippen LogP contribution in [0.25, 0.3) is 0 Å². The zero-order chi connectivity index (χ0) is 19.9. The summed E-state index contributed by atoms with van der Waals surface area (Å²) in [4.78, 5) is 37.8. The summed E-state index contributed by atoms with van der Waals surface area (Å²) >= 11 is 1.41. The van der Waals surface area contributed by atoms with Crippen molar-refractivity contribution in [2.75, 3.05) is 5.32 Å². The largest absolute Gasteiger partial charge is 0.481 e. The molecule has 4 N–H and O–H groups in total. The predicted octanol–water partition coefficient (Wildman–Crippen LogP) is 3.36. The number of fused-ring (bicyclic) bond motifs is 1. The lowest BCUT2D eigenvalue weighted by atomic mass is 9.76. The van der Waals surface area contributed by atoms with Crippen LogP contribution in [0.3, 0.4) is 0 Å². The van der Waals surface area contributed by atoms with Crippen LogP contribution in [0.15, 0.2) is 11.1 Å². The first-order valence-electron chi connectivity index (χ1n) is 9.32. The van der Waals surface area contributed by atoms with Gasteiger partial charge in [-0.25, -0.2) is 0 Å². The van der Waals surface area contributed by atoms with Gasteiger partial charge in [-0.3, -0.25) is 14.4 Å². The van der Waals surface area contributed by atoms with Crippen molar-refractivity contribution in [2.24, 2.45) is 23.5 Å². The number of nitrogens with two attached hydrogens (primary N) is 1. The third-order valence-electron chi connectivity index (χ3n) is 5.92. The van der Waals surface area contributed by atoms with Crippen LogP contribution < -0.4 is 11.1 Å². The summed E-state index contributed by atoms with van der Waals surface area (Å²) in [7, 11) is 0. The topological polar surface area (TPSA) is 109 Å². The summed E-state index contributed by atoms with van der Waals surface area (Å²) in [6, 6.07) is 0. The van der Waals surface area contributed by atoms with E-state index in [1.54, 1.807) is 0 Å². The molecule has 1 aromatic rings. The minimum atomic E-state index is -0.962. The molecule has 0 spiro atoms. The van der Waals surface area contributed by atoms with Crippen LogP contribution in [0.2, 0.25) is 0 Å². The molecule has 3 atom stereocenters. The van der Waals surface area contributed by atoms with Gasteiger partial charge in [0.05, 0.1) is 17.4 Å². The molecular formula is C20H26N2O4S. The Balaban J connectivity index is 1.89. The van der Waals surface area contributed by atoms with E-state index in [0.717, 1.165) is 40.8 Å². The number of carbonyl (C=O) groups is 3. The number of carboxylic acid groups (broad SMARTS) is 1. The second-order valence-electron chi connectivity index (χ2n) is 7.93. The molecule has 7 heteroatoms. The zero-order valence-corrected chi connectivity index (χ0v) is 16.7. The van der Waals surface area contributed by atoms with Gasteiger partial charge in [0.1, 0.15) is 5.00 Å². The number of nitrogens with one attached hydrogen (secondary N) is 1. The van der Waals surface area contributed by atoms with Gasteiger partial charge in [0.15, 0.2) is 0 Å². The van der Waals surface area contributed by atoms with E-state index >= 15 is 0 Å². The second-order valence-corrected chi connectivity index (χ2v) is 9.03. The van der Waals surface area contributed by atoms with Crippen LogP contribution >= 0.6 is 11.3 Å². The lowest BCUT2D eigenvalue weighted by molar-refractivity contribution is -0.146. The van der Waals surface area contributed by atoms with Crippen molar-refractivity contribution in [2.45, 2.75) is 52.9 Å². The Labute approximate surface area is 162 Å². The molecule has 27 heavy (non-hydrogen) atoms. The Hall–Kier alpha value is -2.15. The number of primary amides is 1. The Morgan fingerprint density at radius 1 is 1.11 bits per heavy atom. The number of thiophene rings is 1. The highest BCUT2D eigenvalue weighted by molar-refractivity contribution is 7.17. The molecule has 2 aliphatic carbocycles. The number of anilines is 1. The minimum Gasteiger partial charge on any atom is -0.481 e. The Kier molecular flexibility index (Phi) is 5.42. The number of rotatable bonds is 4. The molecule has 2 amide bonds. The molecule has 6 nitrogen and oxygen atoms in total. The van der Waals surface area contributed by atoms with Crippen LogP contribution in [-0.2, 0) is 22.4 Å². The number of carbonyl (C=O) groups excluding carboxylic acids is 2. The third kappa shape index (κ3) is 3.78. The van der Waals surface area contributed by atoms with Gasteiger partial charge in [-0.15, -0.1) is 11.3 Å². The first kappa shape index (κ1) is 19.6. The van der Waals surface area contributed by atoms with Crippen LogP contribution in [0.4, 0.5) is 5.00 Å². The Morgan fingerprint density at radius 3 is 2.33 bits per heavy atom. The van der Waals surface area contributed by atoms with Gasteiger partial charge in [-0.1, -0.05) is 18.1 Å². The Bertz CT molecular complexity index is 839. The van der Waals surface area contributed by atoms with E-state index in [9.17, 15) is 19.5 Å². The quantitative estimate of drug-likeness (QED) is 0.685. The maximum Gasteiger partial charge on any atom is 0.307 e. The summed E-state index contributed by atoms with van der Waals surface area (Å²) in [6.07, 6.45) is 3.44. The van der Waals surface area contributed by atoms with Crippen molar-refractivity contribution in [3.63, 3.8) is 0 Å². The highest BCUT2D eigenvalue weighted by atomic mass is 32.1.